The Labute approximate surface area is 132 Å². The zero-order valence-electron chi connectivity index (χ0n) is 13.0. The number of hydrogen-bond acceptors (Lipinski definition) is 3. The molecular weight excluding hydrogens is 282 g/mol. The number of nitrogens with one attached hydrogen (secondary N) is 1. The molecular formula is C17H22ClN3. The molecule has 0 aliphatic rings. The average molecular weight is 304 g/mol. The summed E-state index contributed by atoms with van der Waals surface area (Å²) in [4.78, 5) is 6.75. The molecule has 2 unspecified atom stereocenters. The smallest absolute Gasteiger partial charge is 0.0571 e. The molecule has 4 heteroatoms. The van der Waals surface area contributed by atoms with E-state index in [9.17, 15) is 0 Å². The van der Waals surface area contributed by atoms with Gasteiger partial charge in [-0.1, -0.05) is 23.7 Å². The van der Waals surface area contributed by atoms with Crippen molar-refractivity contribution in [3.05, 3.63) is 58.9 Å². The first-order chi connectivity index (χ1) is 10.0. The van der Waals surface area contributed by atoms with Gasteiger partial charge in [-0.15, -0.1) is 0 Å². The molecule has 0 amide bonds. The lowest BCUT2D eigenvalue weighted by Crippen LogP contribution is -2.22. The van der Waals surface area contributed by atoms with Crippen LogP contribution in [0.4, 0.5) is 5.69 Å². The molecule has 0 radical (unpaired) electrons. The number of rotatable bonds is 5. The van der Waals surface area contributed by atoms with Crippen LogP contribution >= 0.6 is 11.6 Å². The van der Waals surface area contributed by atoms with Crippen molar-refractivity contribution in [1.82, 2.24) is 10.3 Å². The highest BCUT2D eigenvalue weighted by Crippen LogP contribution is 2.26. The van der Waals surface area contributed by atoms with E-state index in [-0.39, 0.29) is 12.1 Å². The third kappa shape index (κ3) is 3.74. The predicted octanol–water partition coefficient (Wildman–Crippen LogP) is 4.21. The second-order valence-electron chi connectivity index (χ2n) is 5.29. The van der Waals surface area contributed by atoms with E-state index in [1.54, 1.807) is 0 Å². The van der Waals surface area contributed by atoms with Crippen LogP contribution < -0.4 is 10.2 Å². The topological polar surface area (TPSA) is 28.2 Å². The second kappa shape index (κ2) is 6.92. The highest BCUT2D eigenvalue weighted by molar-refractivity contribution is 6.30. The Bertz CT molecular complexity index is 566. The number of nitrogens with zero attached hydrogens (tertiary/aromatic N) is 2. The van der Waals surface area contributed by atoms with Crippen molar-refractivity contribution in [2.75, 3.05) is 19.0 Å². The van der Waals surface area contributed by atoms with Crippen molar-refractivity contribution in [1.29, 1.82) is 0 Å². The minimum absolute atomic E-state index is 0.261. The second-order valence-corrected chi connectivity index (χ2v) is 5.73. The van der Waals surface area contributed by atoms with Crippen molar-refractivity contribution < 1.29 is 0 Å². The van der Waals surface area contributed by atoms with Crippen LogP contribution in [0.5, 0.6) is 0 Å². The summed E-state index contributed by atoms with van der Waals surface area (Å²) < 4.78 is 0. The van der Waals surface area contributed by atoms with E-state index in [1.807, 2.05) is 25.4 Å². The van der Waals surface area contributed by atoms with Gasteiger partial charge < -0.3 is 10.2 Å². The molecule has 1 heterocycles. The van der Waals surface area contributed by atoms with E-state index in [0.717, 1.165) is 16.4 Å². The molecule has 21 heavy (non-hydrogen) atoms. The zero-order chi connectivity index (χ0) is 15.4. The molecule has 1 aromatic carbocycles. The quantitative estimate of drug-likeness (QED) is 0.896. The number of aromatic nitrogens is 1. The summed E-state index contributed by atoms with van der Waals surface area (Å²) in [5.74, 6) is 0. The maximum atomic E-state index is 5.94. The Morgan fingerprint density at radius 1 is 1.10 bits per heavy atom. The van der Waals surface area contributed by atoms with Gasteiger partial charge in [0.25, 0.3) is 0 Å². The summed E-state index contributed by atoms with van der Waals surface area (Å²) in [6, 6.07) is 12.7. The van der Waals surface area contributed by atoms with Crippen LogP contribution in [0.2, 0.25) is 5.02 Å². The molecule has 1 N–H and O–H groups in total. The van der Waals surface area contributed by atoms with Crippen molar-refractivity contribution >= 4 is 17.3 Å². The van der Waals surface area contributed by atoms with Crippen LogP contribution in [0.15, 0.2) is 42.6 Å². The molecule has 2 atom stereocenters. The maximum absolute atomic E-state index is 5.94. The molecule has 2 rings (SSSR count). The van der Waals surface area contributed by atoms with E-state index in [4.69, 9.17) is 11.6 Å². The summed E-state index contributed by atoms with van der Waals surface area (Å²) in [6.45, 7) is 4.27. The van der Waals surface area contributed by atoms with Crippen LogP contribution in [0.1, 0.15) is 37.2 Å². The monoisotopic (exact) mass is 303 g/mol. The van der Waals surface area contributed by atoms with Crippen LogP contribution in [-0.4, -0.2) is 19.1 Å². The van der Waals surface area contributed by atoms with Crippen molar-refractivity contribution in [2.24, 2.45) is 0 Å². The lowest BCUT2D eigenvalue weighted by Gasteiger charge is -2.27. The fourth-order valence-electron chi connectivity index (χ4n) is 2.20. The van der Waals surface area contributed by atoms with Gasteiger partial charge in [0.15, 0.2) is 0 Å². The standard InChI is InChI=1S/C17H22ClN3/c1-12(19-3)17-10-9-16(11-20-17)21(4)13(2)14-5-7-15(18)8-6-14/h5-13,19H,1-4H3. The number of benzene rings is 1. The molecule has 0 saturated heterocycles. The van der Waals surface area contributed by atoms with E-state index < -0.39 is 0 Å². The molecule has 0 spiro atoms. The number of hydrogen-bond donors (Lipinski definition) is 1. The average Bonchev–Trinajstić information content (AvgIpc) is 2.53. The molecule has 0 saturated carbocycles. The summed E-state index contributed by atoms with van der Waals surface area (Å²) in [7, 11) is 4.02. The van der Waals surface area contributed by atoms with Gasteiger partial charge in [-0.25, -0.2) is 0 Å². The lowest BCUT2D eigenvalue weighted by atomic mass is 10.1. The molecule has 3 nitrogen and oxygen atoms in total. The number of halogens is 1. The minimum atomic E-state index is 0.261. The minimum Gasteiger partial charge on any atom is -0.367 e. The van der Waals surface area contributed by atoms with Crippen LogP contribution in [0.3, 0.4) is 0 Å². The summed E-state index contributed by atoms with van der Waals surface area (Å²) in [5, 5.41) is 3.96. The lowest BCUT2D eigenvalue weighted by molar-refractivity contribution is 0.632. The Kier molecular flexibility index (Phi) is 5.21. The van der Waals surface area contributed by atoms with Crippen molar-refractivity contribution in [3.8, 4) is 0 Å². The maximum Gasteiger partial charge on any atom is 0.0571 e. The Morgan fingerprint density at radius 3 is 2.29 bits per heavy atom. The number of pyridine rings is 1. The third-order valence-electron chi connectivity index (χ3n) is 3.99. The summed E-state index contributed by atoms with van der Waals surface area (Å²) in [6.07, 6.45) is 1.93. The molecule has 2 aromatic rings. The predicted molar refractivity (Wildman–Crippen MR) is 90.0 cm³/mol. The van der Waals surface area contributed by atoms with Gasteiger partial charge in [0.1, 0.15) is 0 Å². The Balaban J connectivity index is 2.15. The number of anilines is 1. The molecule has 1 aromatic heterocycles. The van der Waals surface area contributed by atoms with Crippen molar-refractivity contribution in [3.63, 3.8) is 0 Å². The summed E-state index contributed by atoms with van der Waals surface area (Å²) >= 11 is 5.94. The first-order valence-corrected chi connectivity index (χ1v) is 7.52. The first-order valence-electron chi connectivity index (χ1n) is 7.14. The Hall–Kier alpha value is -1.58. The Morgan fingerprint density at radius 2 is 1.76 bits per heavy atom. The molecule has 0 aliphatic heterocycles. The van der Waals surface area contributed by atoms with Gasteiger partial charge in [0, 0.05) is 18.1 Å². The van der Waals surface area contributed by atoms with Crippen LogP contribution in [0.25, 0.3) is 0 Å². The van der Waals surface area contributed by atoms with Gasteiger partial charge in [-0.2, -0.15) is 0 Å². The molecule has 0 bridgehead atoms. The van der Waals surface area contributed by atoms with E-state index in [2.05, 4.69) is 60.4 Å². The van der Waals surface area contributed by atoms with Crippen molar-refractivity contribution in [2.45, 2.75) is 25.9 Å². The van der Waals surface area contributed by atoms with E-state index in [1.165, 1.54) is 5.56 Å². The SMILES string of the molecule is CNC(C)c1ccc(N(C)C(C)c2ccc(Cl)cc2)cn1. The normalized spacial score (nSPS) is 13.8. The fourth-order valence-corrected chi connectivity index (χ4v) is 2.32. The van der Waals surface area contributed by atoms with Gasteiger partial charge in [-0.3, -0.25) is 4.98 Å². The highest BCUT2D eigenvalue weighted by Gasteiger charge is 2.13. The van der Waals surface area contributed by atoms with E-state index >= 15 is 0 Å². The molecule has 112 valence electrons. The van der Waals surface area contributed by atoms with Gasteiger partial charge >= 0.3 is 0 Å². The van der Waals surface area contributed by atoms with Gasteiger partial charge in [-0.05, 0) is 50.7 Å². The molecule has 0 aliphatic carbocycles. The third-order valence-corrected chi connectivity index (χ3v) is 4.24. The first kappa shape index (κ1) is 15.8. The van der Waals surface area contributed by atoms with Gasteiger partial charge in [0.05, 0.1) is 23.6 Å². The highest BCUT2D eigenvalue weighted by atomic mass is 35.5. The van der Waals surface area contributed by atoms with Gasteiger partial charge in [0.2, 0.25) is 0 Å². The zero-order valence-corrected chi connectivity index (χ0v) is 13.7. The molecule has 0 fully saturated rings. The van der Waals surface area contributed by atoms with Crippen LogP contribution in [0, 0.1) is 0 Å². The summed E-state index contributed by atoms with van der Waals surface area (Å²) in [5.41, 5.74) is 3.38. The van der Waals surface area contributed by atoms with Crippen LogP contribution in [-0.2, 0) is 0 Å². The largest absolute Gasteiger partial charge is 0.367 e. The fraction of sp³-hybridized carbons (Fsp3) is 0.353. The van der Waals surface area contributed by atoms with E-state index in [0.29, 0.717) is 0 Å².